The molecule has 4 nitrogen and oxygen atoms in total. The van der Waals surface area contributed by atoms with Crippen molar-refractivity contribution >= 4 is 5.97 Å². The Kier molecular flexibility index (Phi) is 3.59. The molecule has 1 aliphatic carbocycles. The van der Waals surface area contributed by atoms with Gasteiger partial charge in [0.2, 0.25) is 0 Å². The fourth-order valence-corrected chi connectivity index (χ4v) is 2.33. The molecule has 15 heavy (non-hydrogen) atoms. The van der Waals surface area contributed by atoms with Crippen molar-refractivity contribution in [3.63, 3.8) is 0 Å². The second kappa shape index (κ2) is 4.94. The summed E-state index contributed by atoms with van der Waals surface area (Å²) in [5, 5.41) is 0. The van der Waals surface area contributed by atoms with E-state index in [1.165, 1.54) is 6.42 Å². The van der Waals surface area contributed by atoms with Crippen LogP contribution in [0.2, 0.25) is 0 Å². The fraction of sp³-hybridized carbons (Fsp3) is 0.909. The van der Waals surface area contributed by atoms with Crippen LogP contribution in [0.5, 0.6) is 0 Å². The summed E-state index contributed by atoms with van der Waals surface area (Å²) in [6.45, 7) is 1.72. The standard InChI is InChI=1S/C11H19NO3/c12-5-8-3-1-2-4-10(8)11(13)15-9-6-14-7-9/h8-10H,1-7,12H2. The van der Waals surface area contributed by atoms with Gasteiger partial charge in [-0.1, -0.05) is 12.8 Å². The lowest BCUT2D eigenvalue weighted by atomic mass is 9.79. The van der Waals surface area contributed by atoms with Gasteiger partial charge < -0.3 is 15.2 Å². The molecule has 0 radical (unpaired) electrons. The van der Waals surface area contributed by atoms with E-state index in [9.17, 15) is 4.79 Å². The SMILES string of the molecule is NCC1CCCCC1C(=O)OC1COC1. The zero-order chi connectivity index (χ0) is 10.7. The predicted octanol–water partition coefficient (Wildman–Crippen LogP) is 0.694. The van der Waals surface area contributed by atoms with Gasteiger partial charge in [0.05, 0.1) is 19.1 Å². The summed E-state index contributed by atoms with van der Waals surface area (Å²) in [4.78, 5) is 11.8. The average Bonchev–Trinajstić information content (AvgIpc) is 2.23. The number of hydrogen-bond donors (Lipinski definition) is 1. The van der Waals surface area contributed by atoms with Crippen LogP contribution < -0.4 is 5.73 Å². The van der Waals surface area contributed by atoms with Gasteiger partial charge in [-0.3, -0.25) is 4.79 Å². The summed E-state index contributed by atoms with van der Waals surface area (Å²) in [6, 6.07) is 0. The molecule has 1 heterocycles. The van der Waals surface area contributed by atoms with E-state index in [4.69, 9.17) is 15.2 Å². The largest absolute Gasteiger partial charge is 0.457 e. The summed E-state index contributed by atoms with van der Waals surface area (Å²) in [5.41, 5.74) is 5.68. The lowest BCUT2D eigenvalue weighted by Crippen LogP contribution is -2.42. The first-order chi connectivity index (χ1) is 7.31. The molecule has 2 atom stereocenters. The van der Waals surface area contributed by atoms with E-state index in [2.05, 4.69) is 0 Å². The monoisotopic (exact) mass is 213 g/mol. The number of carbonyl (C=O) groups is 1. The van der Waals surface area contributed by atoms with Crippen molar-refractivity contribution in [3.8, 4) is 0 Å². The summed E-state index contributed by atoms with van der Waals surface area (Å²) in [6.07, 6.45) is 4.32. The molecular weight excluding hydrogens is 194 g/mol. The Morgan fingerprint density at radius 3 is 2.67 bits per heavy atom. The van der Waals surface area contributed by atoms with E-state index < -0.39 is 0 Å². The van der Waals surface area contributed by atoms with Crippen molar-refractivity contribution in [2.45, 2.75) is 31.8 Å². The second-order valence-corrected chi connectivity index (χ2v) is 4.48. The fourth-order valence-electron chi connectivity index (χ4n) is 2.33. The third-order valence-electron chi connectivity index (χ3n) is 3.40. The van der Waals surface area contributed by atoms with E-state index >= 15 is 0 Å². The molecular formula is C11H19NO3. The summed E-state index contributed by atoms with van der Waals surface area (Å²) < 4.78 is 10.3. The Morgan fingerprint density at radius 1 is 1.33 bits per heavy atom. The van der Waals surface area contributed by atoms with Gasteiger partial charge in [0, 0.05) is 0 Å². The molecule has 2 aliphatic rings. The van der Waals surface area contributed by atoms with Crippen molar-refractivity contribution in [1.29, 1.82) is 0 Å². The van der Waals surface area contributed by atoms with Crippen LogP contribution in [0.1, 0.15) is 25.7 Å². The number of rotatable bonds is 3. The topological polar surface area (TPSA) is 61.6 Å². The first-order valence-electron chi connectivity index (χ1n) is 5.79. The van der Waals surface area contributed by atoms with Crippen molar-refractivity contribution in [2.24, 2.45) is 17.6 Å². The highest BCUT2D eigenvalue weighted by atomic mass is 16.6. The van der Waals surface area contributed by atoms with Gasteiger partial charge >= 0.3 is 5.97 Å². The minimum atomic E-state index is -0.0570. The zero-order valence-electron chi connectivity index (χ0n) is 8.98. The van der Waals surface area contributed by atoms with E-state index in [1.807, 2.05) is 0 Å². The van der Waals surface area contributed by atoms with Crippen LogP contribution >= 0.6 is 0 Å². The van der Waals surface area contributed by atoms with Crippen LogP contribution in [0, 0.1) is 11.8 Å². The highest BCUT2D eigenvalue weighted by molar-refractivity contribution is 5.73. The van der Waals surface area contributed by atoms with Crippen LogP contribution in [-0.4, -0.2) is 31.8 Å². The summed E-state index contributed by atoms with van der Waals surface area (Å²) >= 11 is 0. The van der Waals surface area contributed by atoms with Crippen LogP contribution in [-0.2, 0) is 14.3 Å². The number of hydrogen-bond acceptors (Lipinski definition) is 4. The molecule has 2 rings (SSSR count). The van der Waals surface area contributed by atoms with Gasteiger partial charge in [-0.25, -0.2) is 0 Å². The van der Waals surface area contributed by atoms with Crippen molar-refractivity contribution in [2.75, 3.05) is 19.8 Å². The van der Waals surface area contributed by atoms with Gasteiger partial charge in [0.1, 0.15) is 6.10 Å². The number of nitrogens with two attached hydrogens (primary N) is 1. The Balaban J connectivity index is 1.85. The quantitative estimate of drug-likeness (QED) is 0.701. The first kappa shape index (κ1) is 10.9. The molecule has 1 saturated carbocycles. The molecule has 2 fully saturated rings. The lowest BCUT2D eigenvalue weighted by Gasteiger charge is -2.32. The maximum absolute atomic E-state index is 11.8. The third-order valence-corrected chi connectivity index (χ3v) is 3.40. The number of ether oxygens (including phenoxy) is 2. The molecule has 0 aromatic rings. The van der Waals surface area contributed by atoms with E-state index in [0.29, 0.717) is 25.7 Å². The third kappa shape index (κ3) is 2.49. The Morgan fingerprint density at radius 2 is 2.07 bits per heavy atom. The molecule has 0 amide bonds. The maximum Gasteiger partial charge on any atom is 0.309 e. The van der Waals surface area contributed by atoms with E-state index in [0.717, 1.165) is 19.3 Å². The number of carbonyl (C=O) groups excluding carboxylic acids is 1. The smallest absolute Gasteiger partial charge is 0.309 e. The predicted molar refractivity (Wildman–Crippen MR) is 55.2 cm³/mol. The van der Waals surface area contributed by atoms with Gasteiger partial charge in [0.15, 0.2) is 0 Å². The first-order valence-corrected chi connectivity index (χ1v) is 5.79. The van der Waals surface area contributed by atoms with Crippen molar-refractivity contribution < 1.29 is 14.3 Å². The number of esters is 1. The Labute approximate surface area is 90.1 Å². The summed E-state index contributed by atoms with van der Waals surface area (Å²) in [5.74, 6) is 0.301. The normalized spacial score (nSPS) is 32.1. The molecule has 0 bridgehead atoms. The van der Waals surface area contributed by atoms with Gasteiger partial charge in [-0.05, 0) is 25.3 Å². The van der Waals surface area contributed by atoms with Crippen molar-refractivity contribution in [3.05, 3.63) is 0 Å². The molecule has 0 aromatic carbocycles. The van der Waals surface area contributed by atoms with Gasteiger partial charge in [-0.2, -0.15) is 0 Å². The Hall–Kier alpha value is -0.610. The maximum atomic E-state index is 11.8. The molecule has 0 spiro atoms. The Bertz CT molecular complexity index is 228. The second-order valence-electron chi connectivity index (χ2n) is 4.48. The molecule has 1 saturated heterocycles. The average molecular weight is 213 g/mol. The van der Waals surface area contributed by atoms with Crippen LogP contribution in [0.3, 0.4) is 0 Å². The van der Waals surface area contributed by atoms with E-state index in [1.54, 1.807) is 0 Å². The molecule has 2 N–H and O–H groups in total. The summed E-state index contributed by atoms with van der Waals surface area (Å²) in [7, 11) is 0. The molecule has 86 valence electrons. The molecule has 0 aromatic heterocycles. The van der Waals surface area contributed by atoms with Gasteiger partial charge in [0.25, 0.3) is 0 Å². The van der Waals surface area contributed by atoms with Gasteiger partial charge in [-0.15, -0.1) is 0 Å². The lowest BCUT2D eigenvalue weighted by molar-refractivity contribution is -0.179. The minimum Gasteiger partial charge on any atom is -0.457 e. The molecule has 4 heteroatoms. The molecule has 1 aliphatic heterocycles. The van der Waals surface area contributed by atoms with Crippen LogP contribution in [0.4, 0.5) is 0 Å². The van der Waals surface area contributed by atoms with Crippen LogP contribution in [0.25, 0.3) is 0 Å². The minimum absolute atomic E-state index is 0.00199. The zero-order valence-corrected chi connectivity index (χ0v) is 8.98. The van der Waals surface area contributed by atoms with E-state index in [-0.39, 0.29) is 18.0 Å². The highest BCUT2D eigenvalue weighted by Crippen LogP contribution is 2.30. The van der Waals surface area contributed by atoms with Crippen LogP contribution in [0.15, 0.2) is 0 Å². The van der Waals surface area contributed by atoms with Crippen molar-refractivity contribution in [1.82, 2.24) is 0 Å². The highest BCUT2D eigenvalue weighted by Gasteiger charge is 2.33. The molecule has 2 unspecified atom stereocenters.